The van der Waals surface area contributed by atoms with E-state index >= 15 is 8.78 Å². The van der Waals surface area contributed by atoms with Crippen molar-refractivity contribution >= 4 is 11.5 Å². The zero-order chi connectivity index (χ0) is 24.5. The first-order valence-electron chi connectivity index (χ1n) is 12.1. The number of rotatable bonds is 2. The van der Waals surface area contributed by atoms with E-state index < -0.39 is 16.9 Å². The van der Waals surface area contributed by atoms with Crippen LogP contribution in [0, 0.1) is 43.1 Å². The van der Waals surface area contributed by atoms with Gasteiger partial charge in [-0.2, -0.15) is 8.78 Å². The number of halogens is 2. The molecule has 0 aliphatic heterocycles. The highest BCUT2D eigenvalue weighted by atomic mass is 19.3. The van der Waals surface area contributed by atoms with Crippen LogP contribution in [0.4, 0.5) is 14.5 Å². The number of fused-ring (bicyclic) bond motifs is 4. The summed E-state index contributed by atoms with van der Waals surface area (Å²) in [6.45, 7) is 11.3. The van der Waals surface area contributed by atoms with Crippen molar-refractivity contribution in [3.05, 3.63) is 63.5 Å². The van der Waals surface area contributed by atoms with Gasteiger partial charge in [-0.25, -0.2) is 4.85 Å². The normalized spacial score (nSPS) is 35.0. The first-order valence-corrected chi connectivity index (χ1v) is 12.1. The van der Waals surface area contributed by atoms with Crippen LogP contribution in [0.1, 0.15) is 68.9 Å². The molecule has 0 heterocycles. The van der Waals surface area contributed by atoms with Crippen LogP contribution in [-0.4, -0.2) is 22.4 Å². The number of hydrogen-bond acceptors (Lipinski definition) is 2. The van der Waals surface area contributed by atoms with Gasteiger partial charge in [-0.15, -0.1) is 6.42 Å². The average Bonchev–Trinajstić information content (AvgIpc) is 3.10. The summed E-state index contributed by atoms with van der Waals surface area (Å²) in [4.78, 5) is 15.8. The third-order valence-corrected chi connectivity index (χ3v) is 9.35. The van der Waals surface area contributed by atoms with Crippen LogP contribution in [-0.2, 0) is 4.79 Å². The fraction of sp³-hybridized carbons (Fsp3) is 0.517. The Bertz CT molecular complexity index is 1230. The van der Waals surface area contributed by atoms with Gasteiger partial charge in [0.2, 0.25) is 0 Å². The van der Waals surface area contributed by atoms with Gasteiger partial charge in [0.05, 0.1) is 6.57 Å². The van der Waals surface area contributed by atoms with Gasteiger partial charge in [-0.1, -0.05) is 30.7 Å². The van der Waals surface area contributed by atoms with Crippen molar-refractivity contribution in [2.75, 3.05) is 0 Å². The van der Waals surface area contributed by atoms with E-state index in [0.29, 0.717) is 31.4 Å². The molecule has 4 aliphatic carbocycles. The Morgan fingerprint density at radius 1 is 1.26 bits per heavy atom. The van der Waals surface area contributed by atoms with E-state index in [1.54, 1.807) is 25.0 Å². The molecule has 0 spiro atoms. The van der Waals surface area contributed by atoms with E-state index in [2.05, 4.69) is 4.85 Å². The summed E-state index contributed by atoms with van der Waals surface area (Å²) in [5.74, 6) is -2.16. The Hall–Kier alpha value is -2.76. The first-order chi connectivity index (χ1) is 16.1. The van der Waals surface area contributed by atoms with Gasteiger partial charge in [0.15, 0.2) is 11.5 Å². The van der Waals surface area contributed by atoms with E-state index in [4.69, 9.17) is 13.0 Å². The van der Waals surface area contributed by atoms with Gasteiger partial charge < -0.3 is 5.11 Å². The summed E-state index contributed by atoms with van der Waals surface area (Å²) in [6, 6.07) is 5.57. The van der Waals surface area contributed by atoms with E-state index in [1.807, 2.05) is 19.1 Å². The zero-order valence-corrected chi connectivity index (χ0v) is 19.6. The number of nitrogens with zero attached hydrogens (tertiary/aromatic N) is 1. The number of carbonyl (C=O) groups is 1. The molecule has 3 nitrogen and oxygen atoms in total. The molecule has 1 N–H and O–H groups in total. The summed E-state index contributed by atoms with van der Waals surface area (Å²) in [5.41, 5.74) is 2.64. The average molecular weight is 462 g/mol. The van der Waals surface area contributed by atoms with Gasteiger partial charge in [-0.05, 0) is 91.6 Å². The first kappa shape index (κ1) is 23.0. The van der Waals surface area contributed by atoms with Crippen LogP contribution in [0.3, 0.4) is 0 Å². The molecule has 34 heavy (non-hydrogen) atoms. The van der Waals surface area contributed by atoms with E-state index in [1.165, 1.54) is 11.1 Å². The highest BCUT2D eigenvalue weighted by Gasteiger charge is 2.71. The smallest absolute Gasteiger partial charge is 0.336 e. The molecule has 2 unspecified atom stereocenters. The molecule has 2 saturated carbocycles. The van der Waals surface area contributed by atoms with E-state index in [-0.39, 0.29) is 30.0 Å². The Labute approximate surface area is 199 Å². The molecular formula is C29H29F2NO2. The molecule has 5 heteroatoms. The fourth-order valence-electron chi connectivity index (χ4n) is 7.65. The van der Waals surface area contributed by atoms with Crippen LogP contribution >= 0.6 is 0 Å². The van der Waals surface area contributed by atoms with Gasteiger partial charge in [0.1, 0.15) is 5.60 Å². The standard InChI is InChI=1S/C29H29F2NO2/c1-5-29(30,31)28(34)13-12-25-22-10-7-18-14-20(33)9-11-21(18)26(22)24(16-27(25,28)3)23-15-19(32-4)8-6-17(23)2/h1,6,8,14-15,22,24-25,34H,7,9-13,16H2,2-3H3/t22?,24-,25?,27+,28+/m1/s1. The highest BCUT2D eigenvalue weighted by molar-refractivity contribution is 5.93. The quantitative estimate of drug-likeness (QED) is 0.407. The Kier molecular flexibility index (Phi) is 5.16. The van der Waals surface area contributed by atoms with Crippen LogP contribution in [0.5, 0.6) is 0 Å². The van der Waals surface area contributed by atoms with Gasteiger partial charge in [-0.3, -0.25) is 4.79 Å². The second-order valence-corrected chi connectivity index (χ2v) is 10.8. The maximum atomic E-state index is 15.1. The monoisotopic (exact) mass is 461 g/mol. The molecule has 5 atom stereocenters. The molecule has 0 aromatic heterocycles. The second-order valence-electron chi connectivity index (χ2n) is 10.8. The van der Waals surface area contributed by atoms with Crippen molar-refractivity contribution in [1.29, 1.82) is 0 Å². The van der Waals surface area contributed by atoms with Crippen LogP contribution in [0.15, 0.2) is 41.0 Å². The van der Waals surface area contributed by atoms with Crippen molar-refractivity contribution in [3.8, 4) is 12.3 Å². The summed E-state index contributed by atoms with van der Waals surface area (Å²) >= 11 is 0. The number of carbonyl (C=O) groups excluding carboxylic acids is 1. The number of allylic oxidation sites excluding steroid dienone is 4. The molecule has 5 rings (SSSR count). The lowest BCUT2D eigenvalue weighted by atomic mass is 9.50. The summed E-state index contributed by atoms with van der Waals surface area (Å²) in [7, 11) is 0. The van der Waals surface area contributed by atoms with E-state index in [9.17, 15) is 9.90 Å². The minimum absolute atomic E-state index is 0.0283. The molecule has 0 saturated heterocycles. The second kappa shape index (κ2) is 7.62. The number of benzene rings is 1. The number of alkyl halides is 2. The number of aliphatic hydroxyl groups is 1. The van der Waals surface area contributed by atoms with Crippen molar-refractivity contribution in [3.63, 3.8) is 0 Å². The van der Waals surface area contributed by atoms with Crippen LogP contribution in [0.2, 0.25) is 0 Å². The Morgan fingerprint density at radius 3 is 2.74 bits per heavy atom. The maximum absolute atomic E-state index is 15.1. The number of terminal acetylenes is 1. The molecule has 0 radical (unpaired) electrons. The number of aryl methyl sites for hydroxylation is 1. The van der Waals surface area contributed by atoms with Gasteiger partial charge >= 0.3 is 5.92 Å². The molecule has 1 aromatic carbocycles. The lowest BCUT2D eigenvalue weighted by Crippen LogP contribution is -2.60. The third-order valence-electron chi connectivity index (χ3n) is 9.35. The highest BCUT2D eigenvalue weighted by Crippen LogP contribution is 2.69. The number of hydrogen-bond donors (Lipinski definition) is 1. The predicted molar refractivity (Wildman–Crippen MR) is 126 cm³/mol. The van der Waals surface area contributed by atoms with Crippen LogP contribution in [0.25, 0.3) is 4.85 Å². The number of ketones is 1. The summed E-state index contributed by atoms with van der Waals surface area (Å²) in [6.07, 6.45) is 10.5. The predicted octanol–water partition coefficient (Wildman–Crippen LogP) is 6.44. The minimum atomic E-state index is -3.63. The van der Waals surface area contributed by atoms with Crippen molar-refractivity contribution in [1.82, 2.24) is 0 Å². The summed E-state index contributed by atoms with van der Waals surface area (Å²) in [5, 5.41) is 11.6. The molecule has 2 fully saturated rings. The van der Waals surface area contributed by atoms with E-state index in [0.717, 1.165) is 29.5 Å². The summed E-state index contributed by atoms with van der Waals surface area (Å²) < 4.78 is 30.3. The molecule has 176 valence electrons. The van der Waals surface area contributed by atoms with Crippen LogP contribution < -0.4 is 0 Å². The van der Waals surface area contributed by atoms with Crippen molar-refractivity contribution in [2.24, 2.45) is 17.3 Å². The topological polar surface area (TPSA) is 41.7 Å². The molecule has 1 aromatic rings. The lowest BCUT2D eigenvalue weighted by molar-refractivity contribution is -0.209. The zero-order valence-electron chi connectivity index (χ0n) is 19.6. The molecule has 0 bridgehead atoms. The molecule has 4 aliphatic rings. The van der Waals surface area contributed by atoms with Gasteiger partial charge in [0, 0.05) is 17.8 Å². The fourth-order valence-corrected chi connectivity index (χ4v) is 7.65. The van der Waals surface area contributed by atoms with Crippen molar-refractivity contribution < 1.29 is 18.7 Å². The Balaban J connectivity index is 1.75. The SMILES string of the molecule is [C-]#[N+]c1ccc(C)c([C@H]2C[C@@]3(C)C(CC[C@@]3(O)C(F)(F)C#C)C3CCC4=CC(=O)CCC4=C32)c1. The third kappa shape index (κ3) is 2.99. The van der Waals surface area contributed by atoms with Crippen molar-refractivity contribution in [2.45, 2.75) is 76.2 Å². The van der Waals surface area contributed by atoms with Gasteiger partial charge in [0.25, 0.3) is 0 Å². The molecular weight excluding hydrogens is 432 g/mol. The maximum Gasteiger partial charge on any atom is 0.336 e. The largest absolute Gasteiger partial charge is 0.382 e. The lowest BCUT2D eigenvalue weighted by Gasteiger charge is -2.55. The Morgan fingerprint density at radius 2 is 2.03 bits per heavy atom. The molecule has 0 amide bonds. The minimum Gasteiger partial charge on any atom is -0.382 e.